The summed E-state index contributed by atoms with van der Waals surface area (Å²) in [5.74, 6) is 0. The molecule has 0 aliphatic carbocycles. The van der Waals surface area contributed by atoms with Crippen LogP contribution in [0.15, 0.2) is 0 Å². The van der Waals surface area contributed by atoms with Crippen molar-refractivity contribution in [3.8, 4) is 0 Å². The van der Waals surface area contributed by atoms with E-state index >= 15 is 0 Å². The maximum absolute atomic E-state index is 2.41. The van der Waals surface area contributed by atoms with Crippen molar-refractivity contribution in [3.63, 3.8) is 0 Å². The van der Waals surface area contributed by atoms with E-state index in [0.717, 1.165) is 0 Å². The van der Waals surface area contributed by atoms with Gasteiger partial charge in [0, 0.05) is 0 Å². The quantitative estimate of drug-likeness (QED) is 0.420. The van der Waals surface area contributed by atoms with Crippen LogP contribution in [0.3, 0.4) is 0 Å². The fourth-order valence-corrected chi connectivity index (χ4v) is 0. The second-order valence-electron chi connectivity index (χ2n) is 0.0583. The van der Waals surface area contributed by atoms with Crippen molar-refractivity contribution in [3.05, 3.63) is 0 Å². The SMILES string of the molecule is O.O.[I][Mo][I]. The molecule has 2 nitrogen and oxygen atoms in total. The predicted octanol–water partition coefficient (Wildman–Crippen LogP) is 0.120. The van der Waals surface area contributed by atoms with Gasteiger partial charge in [-0.1, -0.05) is 0 Å². The summed E-state index contributed by atoms with van der Waals surface area (Å²) >= 11 is 5.22. The van der Waals surface area contributed by atoms with E-state index in [0.29, 0.717) is 11.2 Å². The van der Waals surface area contributed by atoms with E-state index in [1.54, 1.807) is 0 Å². The normalized spacial score (nSPS) is 3.60. The van der Waals surface area contributed by atoms with Crippen LogP contribution in [0.2, 0.25) is 0 Å². The van der Waals surface area contributed by atoms with Gasteiger partial charge in [0.1, 0.15) is 0 Å². The van der Waals surface area contributed by atoms with Crippen LogP contribution in [0.5, 0.6) is 0 Å². The molecule has 0 heterocycles. The van der Waals surface area contributed by atoms with E-state index in [2.05, 4.69) is 38.7 Å². The van der Waals surface area contributed by atoms with Crippen molar-refractivity contribution in [2.45, 2.75) is 0 Å². The van der Waals surface area contributed by atoms with Crippen LogP contribution in [0.1, 0.15) is 0 Å². The van der Waals surface area contributed by atoms with Gasteiger partial charge in [-0.15, -0.1) is 0 Å². The zero-order valence-corrected chi connectivity index (χ0v) is 8.49. The summed E-state index contributed by atoms with van der Waals surface area (Å²) < 4.78 is 0. The van der Waals surface area contributed by atoms with Crippen molar-refractivity contribution < 1.29 is 22.2 Å². The summed E-state index contributed by atoms with van der Waals surface area (Å²) in [6, 6.07) is 0. The molecule has 0 amide bonds. The summed E-state index contributed by atoms with van der Waals surface area (Å²) in [7, 11) is 0. The fraction of sp³-hybridized carbons (Fsp3) is 0. The van der Waals surface area contributed by atoms with Crippen LogP contribution < -0.4 is 0 Å². The van der Waals surface area contributed by atoms with Crippen LogP contribution in [-0.4, -0.2) is 11.0 Å². The predicted molar refractivity (Wildman–Crippen MR) is 35.3 cm³/mol. The number of halogens is 2. The molecule has 0 spiro atoms. The van der Waals surface area contributed by atoms with Gasteiger partial charge in [-0.25, -0.2) is 0 Å². The molecule has 0 radical (unpaired) electrons. The van der Waals surface area contributed by atoms with Gasteiger partial charge in [0.2, 0.25) is 0 Å². The molecule has 0 fully saturated rings. The third-order valence-corrected chi connectivity index (χ3v) is 0. The Morgan fingerprint density at radius 3 is 1.00 bits per heavy atom. The van der Waals surface area contributed by atoms with Gasteiger partial charge in [-0.3, -0.25) is 0 Å². The average Bonchev–Trinajstić information content (AvgIpc) is 0.918. The van der Waals surface area contributed by atoms with Crippen LogP contribution in [0, 0.1) is 0 Å². The van der Waals surface area contributed by atoms with Gasteiger partial charge in [-0.05, 0) is 0 Å². The zero-order valence-electron chi connectivity index (χ0n) is 2.16. The average molecular weight is 386 g/mol. The molecule has 0 unspecified atom stereocenters. The van der Waals surface area contributed by atoms with Crippen LogP contribution in [0.25, 0.3) is 0 Å². The summed E-state index contributed by atoms with van der Waals surface area (Å²) in [6.07, 6.45) is 0. The first kappa shape index (κ1) is 15.7. The van der Waals surface area contributed by atoms with Gasteiger partial charge in [0.15, 0.2) is 0 Å². The number of rotatable bonds is 0. The first-order valence-electron chi connectivity index (χ1n) is 0.309. The molecule has 0 aromatic heterocycles. The molecular weight excluding hydrogens is 382 g/mol. The second kappa shape index (κ2) is 16.6. The van der Waals surface area contributed by atoms with Crippen molar-refractivity contribution in [1.82, 2.24) is 0 Å². The third-order valence-electron chi connectivity index (χ3n) is 0. The second-order valence-corrected chi connectivity index (χ2v) is 15.5. The number of hydrogen-bond donors (Lipinski definition) is 0. The summed E-state index contributed by atoms with van der Waals surface area (Å²) in [5.41, 5.74) is 0. The van der Waals surface area contributed by atoms with E-state index in [1.165, 1.54) is 0 Å². The van der Waals surface area contributed by atoms with E-state index in [1.807, 2.05) is 0 Å². The Labute approximate surface area is 59.9 Å². The molecule has 5 heteroatoms. The Kier molecular flexibility index (Phi) is 52.1. The molecule has 36 valence electrons. The molecule has 0 rings (SSSR count). The van der Waals surface area contributed by atoms with E-state index in [9.17, 15) is 0 Å². The monoisotopic (exact) mass is 388 g/mol. The van der Waals surface area contributed by atoms with E-state index in [-0.39, 0.29) is 11.0 Å². The minimum absolute atomic E-state index is 0. The summed E-state index contributed by atoms with van der Waals surface area (Å²) in [5, 5.41) is 0. The van der Waals surface area contributed by atoms with E-state index in [4.69, 9.17) is 0 Å². The molecule has 5 heavy (non-hydrogen) atoms. The first-order valence-corrected chi connectivity index (χ1v) is 12.2. The Bertz CT molecular complexity index is 7.61. The maximum atomic E-state index is 2.41. The van der Waals surface area contributed by atoms with Gasteiger partial charge >= 0.3 is 49.9 Å². The molecule has 0 saturated carbocycles. The summed E-state index contributed by atoms with van der Waals surface area (Å²) in [4.78, 5) is 0. The molecule has 0 bridgehead atoms. The van der Waals surface area contributed by atoms with Gasteiger partial charge in [-0.2, -0.15) is 0 Å². The fourth-order valence-electron chi connectivity index (χ4n) is 0. The third kappa shape index (κ3) is 23.5. The molecule has 0 aliphatic rings. The van der Waals surface area contributed by atoms with Gasteiger partial charge in [0.25, 0.3) is 0 Å². The standard InChI is InChI=1S/2HI.Mo.2H2O/h2*1H;;2*1H2/q;;+2;;/p-2. The minimum atomic E-state index is 0. The Morgan fingerprint density at radius 2 is 1.00 bits per heavy atom. The van der Waals surface area contributed by atoms with Gasteiger partial charge in [0.05, 0.1) is 0 Å². The summed E-state index contributed by atoms with van der Waals surface area (Å²) in [6.45, 7) is 0. The molecule has 4 N–H and O–H groups in total. The topological polar surface area (TPSA) is 63.0 Å². The molecule has 0 atom stereocenters. The van der Waals surface area contributed by atoms with Crippen LogP contribution >= 0.6 is 38.7 Å². The van der Waals surface area contributed by atoms with Crippen molar-refractivity contribution in [2.75, 3.05) is 0 Å². The molecule has 0 aromatic carbocycles. The zero-order chi connectivity index (χ0) is 2.71. The van der Waals surface area contributed by atoms with Crippen LogP contribution in [-0.2, 0) is 11.2 Å². The first-order chi connectivity index (χ1) is 1.41. The van der Waals surface area contributed by atoms with Gasteiger partial charge < -0.3 is 11.0 Å². The molecular formula is H4I2MoO2. The molecule has 0 aromatic rings. The van der Waals surface area contributed by atoms with Crippen molar-refractivity contribution in [1.29, 1.82) is 0 Å². The van der Waals surface area contributed by atoms with E-state index < -0.39 is 0 Å². The van der Waals surface area contributed by atoms with Crippen molar-refractivity contribution >= 4 is 38.7 Å². The van der Waals surface area contributed by atoms with Crippen molar-refractivity contribution in [2.24, 2.45) is 0 Å². The Morgan fingerprint density at radius 1 is 1.00 bits per heavy atom. The Balaban J connectivity index is -0.0000000200. The number of hydrogen-bond acceptors (Lipinski definition) is 0. The van der Waals surface area contributed by atoms with Crippen LogP contribution in [0.4, 0.5) is 0 Å². The molecule has 0 aliphatic heterocycles. The Hall–Kier alpha value is 2.07. The molecule has 0 saturated heterocycles.